The maximum absolute atomic E-state index is 6.60. The van der Waals surface area contributed by atoms with Gasteiger partial charge in [0.25, 0.3) is 0 Å². The zero-order valence-corrected chi connectivity index (χ0v) is 31.8. The van der Waals surface area contributed by atoms with E-state index in [2.05, 4.69) is 106 Å². The van der Waals surface area contributed by atoms with Crippen LogP contribution in [0.4, 0.5) is 0 Å². The SMILES string of the molecule is CCCCCCCCOc1cccc(-c2nc3c(B4OC(C)(C)C(C)(C)O4)ccc(B4OC(C)(C)C(C)(C)O4)c3nc2-c2cccc(C)c2)c1. The Balaban J connectivity index is 1.49. The lowest BCUT2D eigenvalue weighted by Gasteiger charge is -2.32. The van der Waals surface area contributed by atoms with Gasteiger partial charge in [-0.05, 0) is 86.9 Å². The van der Waals surface area contributed by atoms with Crippen molar-refractivity contribution in [2.45, 2.75) is 130 Å². The fourth-order valence-corrected chi connectivity index (χ4v) is 6.50. The number of rotatable bonds is 12. The van der Waals surface area contributed by atoms with Crippen LogP contribution in [-0.4, -0.2) is 53.2 Å². The van der Waals surface area contributed by atoms with Crippen molar-refractivity contribution < 1.29 is 23.4 Å². The van der Waals surface area contributed by atoms with Crippen LogP contribution < -0.4 is 15.7 Å². The molecule has 50 heavy (non-hydrogen) atoms. The van der Waals surface area contributed by atoms with E-state index in [9.17, 15) is 0 Å². The number of aromatic nitrogens is 2. The van der Waals surface area contributed by atoms with Gasteiger partial charge in [-0.1, -0.05) is 87.1 Å². The third kappa shape index (κ3) is 7.25. The third-order valence-electron chi connectivity index (χ3n) is 11.1. The molecule has 0 bridgehead atoms. The summed E-state index contributed by atoms with van der Waals surface area (Å²) in [6.45, 7) is 21.6. The zero-order valence-electron chi connectivity index (χ0n) is 31.8. The largest absolute Gasteiger partial charge is 0.497 e. The van der Waals surface area contributed by atoms with Gasteiger partial charge in [-0.2, -0.15) is 0 Å². The van der Waals surface area contributed by atoms with Gasteiger partial charge in [0.05, 0.1) is 51.4 Å². The molecule has 2 saturated heterocycles. The van der Waals surface area contributed by atoms with Crippen molar-refractivity contribution in [3.63, 3.8) is 0 Å². The van der Waals surface area contributed by atoms with E-state index in [0.717, 1.165) is 51.2 Å². The summed E-state index contributed by atoms with van der Waals surface area (Å²) in [5.74, 6) is 0.824. The first kappa shape index (κ1) is 36.6. The van der Waals surface area contributed by atoms with Crippen LogP contribution in [0.1, 0.15) is 106 Å². The number of nitrogens with zero attached hydrogens (tertiary/aromatic N) is 2. The van der Waals surface area contributed by atoms with Crippen LogP contribution >= 0.6 is 0 Å². The van der Waals surface area contributed by atoms with Crippen LogP contribution in [0.5, 0.6) is 5.75 Å². The Morgan fingerprint density at radius 2 is 1.04 bits per heavy atom. The highest BCUT2D eigenvalue weighted by molar-refractivity contribution is 6.68. The number of unbranched alkanes of at least 4 members (excludes halogenated alkanes) is 5. The van der Waals surface area contributed by atoms with Crippen LogP contribution in [0.3, 0.4) is 0 Å². The predicted octanol–water partition coefficient (Wildman–Crippen LogP) is 8.61. The first-order valence-corrected chi connectivity index (χ1v) is 18.5. The molecule has 6 rings (SSSR count). The average Bonchev–Trinajstić information content (AvgIpc) is 3.42. The Bertz CT molecular complexity index is 1810. The molecular weight excluding hydrogens is 622 g/mol. The highest BCUT2D eigenvalue weighted by Gasteiger charge is 2.54. The first-order chi connectivity index (χ1) is 23.6. The molecule has 3 heterocycles. The molecular formula is C41H54B2N2O5. The standard InChI is InChI=1S/C41H54B2N2O5/c1-11-12-13-14-15-16-25-46-31-22-18-21-30(27-31)35-34(29-20-17-19-28(2)26-29)44-36-32(42-47-38(3,4)39(5,6)48-42)23-24-33(37(36)45-35)43-49-40(7,8)41(9,10)50-43/h17-24,26-27H,11-16,25H2,1-10H3. The Hall–Kier alpha value is -3.23. The second-order valence-electron chi connectivity index (χ2n) is 16.1. The molecule has 0 N–H and O–H groups in total. The lowest BCUT2D eigenvalue weighted by atomic mass is 9.72. The Morgan fingerprint density at radius 1 is 0.580 bits per heavy atom. The van der Waals surface area contributed by atoms with Gasteiger partial charge in [0, 0.05) is 22.1 Å². The Kier molecular flexibility index (Phi) is 10.3. The van der Waals surface area contributed by atoms with Gasteiger partial charge < -0.3 is 23.4 Å². The van der Waals surface area contributed by atoms with Crippen LogP contribution in [-0.2, 0) is 18.6 Å². The molecule has 9 heteroatoms. The van der Waals surface area contributed by atoms with E-state index in [4.69, 9.17) is 33.3 Å². The molecule has 2 aliphatic heterocycles. The Labute approximate surface area is 300 Å². The number of hydrogen-bond donors (Lipinski definition) is 0. The Morgan fingerprint density at radius 3 is 1.54 bits per heavy atom. The number of hydrogen-bond acceptors (Lipinski definition) is 7. The zero-order chi connectivity index (χ0) is 35.9. The molecule has 0 spiro atoms. The minimum Gasteiger partial charge on any atom is -0.494 e. The minimum absolute atomic E-state index is 0.517. The molecule has 2 aliphatic rings. The lowest BCUT2D eigenvalue weighted by Crippen LogP contribution is -2.41. The molecule has 3 aromatic carbocycles. The maximum atomic E-state index is 6.60. The van der Waals surface area contributed by atoms with Gasteiger partial charge in [-0.25, -0.2) is 9.97 Å². The van der Waals surface area contributed by atoms with Gasteiger partial charge in [-0.3, -0.25) is 0 Å². The van der Waals surface area contributed by atoms with Gasteiger partial charge in [-0.15, -0.1) is 0 Å². The minimum atomic E-state index is -0.631. The summed E-state index contributed by atoms with van der Waals surface area (Å²) in [5, 5.41) is 0. The average molecular weight is 677 g/mol. The quantitative estimate of drug-likeness (QED) is 0.110. The van der Waals surface area contributed by atoms with Crippen molar-refractivity contribution in [1.29, 1.82) is 0 Å². The predicted molar refractivity (Wildman–Crippen MR) is 205 cm³/mol. The number of aryl methyl sites for hydroxylation is 1. The number of ether oxygens (including phenoxy) is 1. The first-order valence-electron chi connectivity index (χ1n) is 18.5. The highest BCUT2D eigenvalue weighted by atomic mass is 16.7. The van der Waals surface area contributed by atoms with Gasteiger partial charge in [0.1, 0.15) is 5.75 Å². The molecule has 0 saturated carbocycles. The summed E-state index contributed by atoms with van der Waals surface area (Å²) in [6.07, 6.45) is 7.32. The summed E-state index contributed by atoms with van der Waals surface area (Å²) in [6, 6.07) is 20.7. The van der Waals surface area contributed by atoms with Crippen molar-refractivity contribution in [2.24, 2.45) is 0 Å². The summed E-state index contributed by atoms with van der Waals surface area (Å²) < 4.78 is 32.7. The van der Waals surface area contributed by atoms with E-state index in [1.165, 1.54) is 32.1 Å². The molecule has 0 radical (unpaired) electrons. The van der Waals surface area contributed by atoms with Gasteiger partial charge in [0.2, 0.25) is 0 Å². The van der Waals surface area contributed by atoms with Crippen molar-refractivity contribution in [2.75, 3.05) is 6.61 Å². The second kappa shape index (κ2) is 14.1. The number of benzene rings is 3. The molecule has 0 unspecified atom stereocenters. The van der Waals surface area contributed by atoms with E-state index >= 15 is 0 Å². The summed E-state index contributed by atoms with van der Waals surface area (Å²) in [4.78, 5) is 11.0. The highest BCUT2D eigenvalue weighted by Crippen LogP contribution is 2.40. The summed E-state index contributed by atoms with van der Waals surface area (Å²) >= 11 is 0. The van der Waals surface area contributed by atoms with E-state index in [-0.39, 0.29) is 0 Å². The molecule has 0 amide bonds. The van der Waals surface area contributed by atoms with Crippen molar-refractivity contribution in [1.82, 2.24) is 9.97 Å². The van der Waals surface area contributed by atoms with Crippen LogP contribution in [0.15, 0.2) is 60.7 Å². The molecule has 264 valence electrons. The fourth-order valence-electron chi connectivity index (χ4n) is 6.50. The van der Waals surface area contributed by atoms with E-state index in [1.54, 1.807) is 0 Å². The number of fused-ring (bicyclic) bond motifs is 1. The molecule has 0 aliphatic carbocycles. The van der Waals surface area contributed by atoms with Crippen molar-refractivity contribution >= 4 is 36.2 Å². The molecule has 0 atom stereocenters. The molecule has 1 aromatic heterocycles. The molecule has 4 aromatic rings. The van der Waals surface area contributed by atoms with Crippen molar-refractivity contribution in [3.8, 4) is 28.3 Å². The molecule has 2 fully saturated rings. The monoisotopic (exact) mass is 676 g/mol. The third-order valence-corrected chi connectivity index (χ3v) is 11.1. The van der Waals surface area contributed by atoms with Gasteiger partial charge in [0.15, 0.2) is 0 Å². The topological polar surface area (TPSA) is 71.9 Å². The van der Waals surface area contributed by atoms with Crippen LogP contribution in [0, 0.1) is 6.92 Å². The molecule has 7 nitrogen and oxygen atoms in total. The van der Waals surface area contributed by atoms with E-state index in [1.807, 2.05) is 24.3 Å². The smallest absolute Gasteiger partial charge is 0.494 e. The van der Waals surface area contributed by atoms with E-state index in [0.29, 0.717) is 17.6 Å². The maximum Gasteiger partial charge on any atom is 0.497 e. The second-order valence-corrected chi connectivity index (χ2v) is 16.1. The van der Waals surface area contributed by atoms with E-state index < -0.39 is 36.6 Å². The normalized spacial score (nSPS) is 19.0. The summed E-state index contributed by atoms with van der Waals surface area (Å²) in [5.41, 5.74) is 5.55. The van der Waals surface area contributed by atoms with Gasteiger partial charge >= 0.3 is 14.2 Å². The van der Waals surface area contributed by atoms with Crippen LogP contribution in [0.2, 0.25) is 0 Å². The van der Waals surface area contributed by atoms with Crippen LogP contribution in [0.25, 0.3) is 33.5 Å². The van der Waals surface area contributed by atoms with Crippen molar-refractivity contribution in [3.05, 3.63) is 66.2 Å². The summed E-state index contributed by atoms with van der Waals surface area (Å²) in [7, 11) is -1.26. The lowest BCUT2D eigenvalue weighted by molar-refractivity contribution is 0.00578. The fraction of sp³-hybridized carbons (Fsp3) is 0.512.